The molecule has 0 aromatic heterocycles. The molecule has 0 aromatic carbocycles. The van der Waals surface area contributed by atoms with Crippen LogP contribution in [0.25, 0.3) is 0 Å². The number of hydrogen-bond acceptors (Lipinski definition) is 6. The van der Waals surface area contributed by atoms with Crippen LogP contribution in [0.3, 0.4) is 0 Å². The highest BCUT2D eigenvalue weighted by Crippen LogP contribution is 2.23. The Morgan fingerprint density at radius 1 is 1.35 bits per heavy atom. The number of aliphatic hydroxyl groups is 3. The molecule has 0 aromatic rings. The molecular formula is C10H19NO6. The number of ether oxygens (including phenoxy) is 2. The van der Waals surface area contributed by atoms with E-state index in [9.17, 15) is 20.1 Å². The average molecular weight is 249 g/mol. The normalized spacial score (nSPS) is 39.9. The zero-order valence-electron chi connectivity index (χ0n) is 9.81. The van der Waals surface area contributed by atoms with Crippen molar-refractivity contribution in [2.24, 2.45) is 5.73 Å². The summed E-state index contributed by atoms with van der Waals surface area (Å²) in [4.78, 5) is 11.0. The van der Waals surface area contributed by atoms with E-state index in [1.807, 2.05) is 6.92 Å². The molecule has 7 nitrogen and oxygen atoms in total. The number of primary amides is 1. The molecule has 1 aliphatic heterocycles. The van der Waals surface area contributed by atoms with Crippen LogP contribution in [-0.4, -0.2) is 58.0 Å². The van der Waals surface area contributed by atoms with Gasteiger partial charge in [0.15, 0.2) is 12.4 Å². The summed E-state index contributed by atoms with van der Waals surface area (Å²) in [7, 11) is 0. The summed E-state index contributed by atoms with van der Waals surface area (Å²) in [6, 6.07) is 0. The van der Waals surface area contributed by atoms with Gasteiger partial charge in [-0.15, -0.1) is 0 Å². The maximum Gasteiger partial charge on any atom is 0.249 e. The molecule has 7 heteroatoms. The quantitative estimate of drug-likeness (QED) is 0.461. The van der Waals surface area contributed by atoms with E-state index in [0.29, 0.717) is 6.42 Å². The van der Waals surface area contributed by atoms with Crippen LogP contribution >= 0.6 is 0 Å². The smallest absolute Gasteiger partial charge is 0.249 e. The van der Waals surface area contributed by atoms with Crippen LogP contribution in [0.5, 0.6) is 0 Å². The molecule has 5 N–H and O–H groups in total. The summed E-state index contributed by atoms with van der Waals surface area (Å²) < 4.78 is 10.4. The third kappa shape index (κ3) is 3.14. The van der Waals surface area contributed by atoms with E-state index in [1.54, 1.807) is 6.92 Å². The second kappa shape index (κ2) is 5.74. The van der Waals surface area contributed by atoms with E-state index < -0.39 is 36.6 Å². The van der Waals surface area contributed by atoms with Gasteiger partial charge in [0.25, 0.3) is 0 Å². The van der Waals surface area contributed by atoms with E-state index in [0.717, 1.165) is 0 Å². The monoisotopic (exact) mass is 249 g/mol. The van der Waals surface area contributed by atoms with Gasteiger partial charge >= 0.3 is 0 Å². The van der Waals surface area contributed by atoms with Gasteiger partial charge in [-0.1, -0.05) is 6.92 Å². The predicted molar refractivity (Wildman–Crippen MR) is 56.7 cm³/mol. The Morgan fingerprint density at radius 3 is 2.41 bits per heavy atom. The van der Waals surface area contributed by atoms with Gasteiger partial charge in [0.1, 0.15) is 18.3 Å². The Kier molecular flexibility index (Phi) is 4.84. The van der Waals surface area contributed by atoms with Crippen LogP contribution in [-0.2, 0) is 14.3 Å². The Bertz CT molecular complexity index is 274. The van der Waals surface area contributed by atoms with Crippen LogP contribution in [0.15, 0.2) is 0 Å². The number of rotatable bonds is 4. The zero-order chi connectivity index (χ0) is 13.2. The van der Waals surface area contributed by atoms with Gasteiger partial charge < -0.3 is 30.5 Å². The number of carbonyl (C=O) groups excluding carboxylic acids is 1. The van der Waals surface area contributed by atoms with E-state index in [2.05, 4.69) is 0 Å². The van der Waals surface area contributed by atoms with Crippen molar-refractivity contribution in [3.63, 3.8) is 0 Å². The first-order chi connectivity index (χ1) is 7.88. The molecule has 3 unspecified atom stereocenters. The number of nitrogens with two attached hydrogens (primary N) is 1. The first-order valence-corrected chi connectivity index (χ1v) is 5.52. The minimum absolute atomic E-state index is 0.217. The Hall–Kier alpha value is -0.730. The van der Waals surface area contributed by atoms with Crippen molar-refractivity contribution in [1.82, 2.24) is 0 Å². The van der Waals surface area contributed by atoms with Crippen molar-refractivity contribution in [1.29, 1.82) is 0 Å². The minimum atomic E-state index is -1.56. The van der Waals surface area contributed by atoms with Crippen LogP contribution in [0.4, 0.5) is 0 Å². The fourth-order valence-corrected chi connectivity index (χ4v) is 1.52. The van der Waals surface area contributed by atoms with Crippen LogP contribution in [0.2, 0.25) is 0 Å². The van der Waals surface area contributed by atoms with Crippen LogP contribution in [0, 0.1) is 0 Å². The zero-order valence-corrected chi connectivity index (χ0v) is 9.81. The van der Waals surface area contributed by atoms with E-state index in [-0.39, 0.29) is 6.10 Å². The largest absolute Gasteiger partial charge is 0.387 e. The molecule has 1 heterocycles. The standard InChI is InChI=1S/C10H19NO6/c1-3-4(2)16-10-7(14)5(12)6(13)8(17-10)9(11)15/h4-8,10,12-14H,3H2,1-2H3,(H2,11,15)/t4?,5?,6-,7-,8?,10+/m0/s1. The van der Waals surface area contributed by atoms with Crippen LogP contribution in [0.1, 0.15) is 20.3 Å². The lowest BCUT2D eigenvalue weighted by Crippen LogP contribution is -2.61. The fourth-order valence-electron chi connectivity index (χ4n) is 1.52. The first-order valence-electron chi connectivity index (χ1n) is 5.52. The van der Waals surface area contributed by atoms with Crippen molar-refractivity contribution in [3.05, 3.63) is 0 Å². The lowest BCUT2D eigenvalue weighted by molar-refractivity contribution is -0.299. The van der Waals surface area contributed by atoms with Crippen molar-refractivity contribution in [2.45, 2.75) is 57.1 Å². The SMILES string of the molecule is CCC(C)O[C@@H]1OC(C(N)=O)[C@@H](O)C(O)[C@@H]1O. The highest BCUT2D eigenvalue weighted by molar-refractivity contribution is 5.79. The van der Waals surface area contributed by atoms with Gasteiger partial charge in [0.2, 0.25) is 5.91 Å². The van der Waals surface area contributed by atoms with Gasteiger partial charge in [0.05, 0.1) is 6.10 Å². The summed E-state index contributed by atoms with van der Waals surface area (Å²) in [6.45, 7) is 3.63. The molecular weight excluding hydrogens is 230 g/mol. The molecule has 0 saturated carbocycles. The minimum Gasteiger partial charge on any atom is -0.387 e. The third-order valence-electron chi connectivity index (χ3n) is 2.79. The molecule has 1 rings (SSSR count). The summed E-state index contributed by atoms with van der Waals surface area (Å²) in [5.41, 5.74) is 5.02. The molecule has 100 valence electrons. The van der Waals surface area contributed by atoms with Crippen molar-refractivity contribution < 1.29 is 29.6 Å². The van der Waals surface area contributed by atoms with Crippen molar-refractivity contribution in [3.8, 4) is 0 Å². The number of hydrogen-bond donors (Lipinski definition) is 4. The van der Waals surface area contributed by atoms with Crippen molar-refractivity contribution >= 4 is 5.91 Å². The lowest BCUT2D eigenvalue weighted by Gasteiger charge is -2.39. The average Bonchev–Trinajstić information content (AvgIpc) is 2.29. The van der Waals surface area contributed by atoms with Crippen LogP contribution < -0.4 is 5.73 Å². The molecule has 1 amide bonds. The van der Waals surface area contributed by atoms with Crippen molar-refractivity contribution in [2.75, 3.05) is 0 Å². The van der Waals surface area contributed by atoms with E-state index in [1.165, 1.54) is 0 Å². The molecule has 1 aliphatic rings. The van der Waals surface area contributed by atoms with Gasteiger partial charge in [-0.3, -0.25) is 4.79 Å². The molecule has 1 fully saturated rings. The number of carbonyl (C=O) groups is 1. The molecule has 1 saturated heterocycles. The first kappa shape index (κ1) is 14.3. The Balaban J connectivity index is 2.74. The Labute approximate surface area is 99.1 Å². The lowest BCUT2D eigenvalue weighted by atomic mass is 9.98. The summed E-state index contributed by atoms with van der Waals surface area (Å²) in [5, 5.41) is 28.7. The molecule has 0 spiro atoms. The summed E-state index contributed by atoms with van der Waals surface area (Å²) in [5.74, 6) is -0.916. The van der Waals surface area contributed by atoms with Gasteiger partial charge in [0, 0.05) is 0 Å². The predicted octanol–water partition coefficient (Wildman–Crippen LogP) is -1.91. The summed E-state index contributed by atoms with van der Waals surface area (Å²) in [6.07, 6.45) is -6.62. The maximum absolute atomic E-state index is 11.0. The highest BCUT2D eigenvalue weighted by atomic mass is 16.7. The number of amides is 1. The topological polar surface area (TPSA) is 122 Å². The second-order valence-electron chi connectivity index (χ2n) is 4.15. The third-order valence-corrected chi connectivity index (χ3v) is 2.79. The van der Waals surface area contributed by atoms with Gasteiger partial charge in [-0.05, 0) is 13.3 Å². The maximum atomic E-state index is 11.0. The van der Waals surface area contributed by atoms with Gasteiger partial charge in [-0.25, -0.2) is 0 Å². The van der Waals surface area contributed by atoms with Gasteiger partial charge in [-0.2, -0.15) is 0 Å². The second-order valence-corrected chi connectivity index (χ2v) is 4.15. The molecule has 6 atom stereocenters. The molecule has 0 bridgehead atoms. The van der Waals surface area contributed by atoms with E-state index >= 15 is 0 Å². The number of aliphatic hydroxyl groups excluding tert-OH is 3. The summed E-state index contributed by atoms with van der Waals surface area (Å²) >= 11 is 0. The van der Waals surface area contributed by atoms with E-state index in [4.69, 9.17) is 15.2 Å². The molecule has 0 aliphatic carbocycles. The highest BCUT2D eigenvalue weighted by Gasteiger charge is 2.46. The Morgan fingerprint density at radius 2 is 1.94 bits per heavy atom. The molecule has 0 radical (unpaired) electrons. The molecule has 17 heavy (non-hydrogen) atoms. The fraction of sp³-hybridized carbons (Fsp3) is 0.900.